The van der Waals surface area contributed by atoms with Crippen molar-refractivity contribution in [1.82, 2.24) is 0 Å². The molecule has 0 amide bonds. The van der Waals surface area contributed by atoms with E-state index in [9.17, 15) is 5.11 Å². The SMILES string of the molecule is CC(O)C1(CCOC(C)(C)C)CC1. The third-order valence-electron chi connectivity index (χ3n) is 2.91. The van der Waals surface area contributed by atoms with Crippen molar-refractivity contribution >= 4 is 0 Å². The van der Waals surface area contributed by atoms with E-state index in [2.05, 4.69) is 20.8 Å². The zero-order valence-corrected chi connectivity index (χ0v) is 9.26. The lowest BCUT2D eigenvalue weighted by Gasteiger charge is -2.23. The van der Waals surface area contributed by atoms with E-state index in [-0.39, 0.29) is 17.1 Å². The monoisotopic (exact) mass is 186 g/mol. The third-order valence-corrected chi connectivity index (χ3v) is 2.91. The van der Waals surface area contributed by atoms with Gasteiger partial charge in [0.25, 0.3) is 0 Å². The molecule has 1 unspecified atom stereocenters. The Hall–Kier alpha value is -0.0800. The maximum absolute atomic E-state index is 9.52. The normalized spacial score (nSPS) is 22.8. The van der Waals surface area contributed by atoms with Crippen molar-refractivity contribution in [3.8, 4) is 0 Å². The Labute approximate surface area is 81.3 Å². The molecule has 0 saturated heterocycles. The van der Waals surface area contributed by atoms with Crippen LogP contribution in [-0.4, -0.2) is 23.4 Å². The molecule has 0 aliphatic heterocycles. The van der Waals surface area contributed by atoms with Crippen LogP contribution in [0.1, 0.15) is 47.0 Å². The second kappa shape index (κ2) is 3.58. The summed E-state index contributed by atoms with van der Waals surface area (Å²) in [7, 11) is 0. The van der Waals surface area contributed by atoms with Crippen molar-refractivity contribution in [3.63, 3.8) is 0 Å². The second-order valence-electron chi connectivity index (χ2n) is 5.25. The summed E-state index contributed by atoms with van der Waals surface area (Å²) in [5, 5.41) is 9.52. The van der Waals surface area contributed by atoms with Crippen molar-refractivity contribution in [1.29, 1.82) is 0 Å². The number of aliphatic hydroxyl groups is 1. The molecule has 1 N–H and O–H groups in total. The molecular formula is C11H22O2. The number of aliphatic hydroxyl groups excluding tert-OH is 1. The summed E-state index contributed by atoms with van der Waals surface area (Å²) in [6, 6.07) is 0. The van der Waals surface area contributed by atoms with Gasteiger partial charge >= 0.3 is 0 Å². The molecule has 78 valence electrons. The Bertz CT molecular complexity index is 163. The number of hydrogen-bond acceptors (Lipinski definition) is 2. The Morgan fingerprint density at radius 2 is 1.92 bits per heavy atom. The first-order valence-corrected chi connectivity index (χ1v) is 5.18. The molecule has 1 aliphatic carbocycles. The van der Waals surface area contributed by atoms with Gasteiger partial charge in [-0.25, -0.2) is 0 Å². The number of ether oxygens (including phenoxy) is 1. The fourth-order valence-electron chi connectivity index (χ4n) is 1.60. The van der Waals surface area contributed by atoms with Crippen LogP contribution in [-0.2, 0) is 4.74 Å². The molecule has 1 fully saturated rings. The summed E-state index contributed by atoms with van der Waals surface area (Å²) in [6.07, 6.45) is 3.16. The molecule has 0 aromatic carbocycles. The first-order chi connectivity index (χ1) is 5.86. The lowest BCUT2D eigenvalue weighted by Crippen LogP contribution is -2.24. The van der Waals surface area contributed by atoms with Gasteiger partial charge in [0.2, 0.25) is 0 Å². The predicted molar refractivity (Wildman–Crippen MR) is 53.7 cm³/mol. The van der Waals surface area contributed by atoms with Crippen molar-refractivity contribution in [2.45, 2.75) is 58.7 Å². The predicted octanol–water partition coefficient (Wildman–Crippen LogP) is 2.35. The highest BCUT2D eigenvalue weighted by molar-refractivity contribution is 4.96. The summed E-state index contributed by atoms with van der Waals surface area (Å²) >= 11 is 0. The standard InChI is InChI=1S/C11H22O2/c1-9(12)11(5-6-11)7-8-13-10(2,3)4/h9,12H,5-8H2,1-4H3. The highest BCUT2D eigenvalue weighted by atomic mass is 16.5. The molecule has 1 aliphatic rings. The van der Waals surface area contributed by atoms with Crippen LogP contribution in [0.2, 0.25) is 0 Å². The van der Waals surface area contributed by atoms with Gasteiger partial charge in [-0.15, -0.1) is 0 Å². The minimum atomic E-state index is -0.170. The smallest absolute Gasteiger partial charge is 0.0598 e. The summed E-state index contributed by atoms with van der Waals surface area (Å²) in [6.45, 7) is 8.86. The molecule has 2 nitrogen and oxygen atoms in total. The first-order valence-electron chi connectivity index (χ1n) is 5.18. The Kier molecular flexibility index (Phi) is 3.03. The lowest BCUT2D eigenvalue weighted by atomic mass is 9.97. The van der Waals surface area contributed by atoms with Crippen molar-refractivity contribution in [2.24, 2.45) is 5.41 Å². The van der Waals surface area contributed by atoms with E-state index in [1.54, 1.807) is 0 Å². The molecule has 2 heteroatoms. The van der Waals surface area contributed by atoms with Crippen LogP contribution in [0.3, 0.4) is 0 Å². The lowest BCUT2D eigenvalue weighted by molar-refractivity contribution is -0.0212. The third kappa shape index (κ3) is 3.28. The van der Waals surface area contributed by atoms with E-state index in [1.807, 2.05) is 6.92 Å². The van der Waals surface area contributed by atoms with Crippen molar-refractivity contribution in [2.75, 3.05) is 6.61 Å². The maximum Gasteiger partial charge on any atom is 0.0598 e. The van der Waals surface area contributed by atoms with Crippen molar-refractivity contribution in [3.05, 3.63) is 0 Å². The quantitative estimate of drug-likeness (QED) is 0.730. The van der Waals surface area contributed by atoms with Gasteiger partial charge in [-0.2, -0.15) is 0 Å². The van der Waals surface area contributed by atoms with Crippen LogP contribution in [0.15, 0.2) is 0 Å². The van der Waals surface area contributed by atoms with Gasteiger partial charge in [0.1, 0.15) is 0 Å². The summed E-state index contributed by atoms with van der Waals surface area (Å²) < 4.78 is 5.64. The molecule has 0 heterocycles. The van der Waals surface area contributed by atoms with Crippen LogP contribution in [0.4, 0.5) is 0 Å². The van der Waals surface area contributed by atoms with Crippen LogP contribution in [0.25, 0.3) is 0 Å². The van der Waals surface area contributed by atoms with Gasteiger partial charge in [-0.05, 0) is 52.4 Å². The highest BCUT2D eigenvalue weighted by Gasteiger charge is 2.46. The average molecular weight is 186 g/mol. The van der Waals surface area contributed by atoms with E-state index >= 15 is 0 Å². The Morgan fingerprint density at radius 1 is 1.38 bits per heavy atom. The summed E-state index contributed by atoms with van der Waals surface area (Å²) in [5.41, 5.74) is 0.153. The van der Waals surface area contributed by atoms with Crippen LogP contribution < -0.4 is 0 Å². The molecule has 1 rings (SSSR count). The second-order valence-corrected chi connectivity index (χ2v) is 5.25. The molecule has 1 saturated carbocycles. The molecule has 0 radical (unpaired) electrons. The van der Waals surface area contributed by atoms with Crippen molar-refractivity contribution < 1.29 is 9.84 Å². The molecule has 1 atom stereocenters. The summed E-state index contributed by atoms with van der Waals surface area (Å²) in [5.74, 6) is 0. The van der Waals surface area contributed by atoms with Gasteiger partial charge in [-0.3, -0.25) is 0 Å². The van der Waals surface area contributed by atoms with Gasteiger partial charge in [0.05, 0.1) is 11.7 Å². The van der Waals surface area contributed by atoms with Crippen LogP contribution >= 0.6 is 0 Å². The van der Waals surface area contributed by atoms with Gasteiger partial charge in [-0.1, -0.05) is 0 Å². The molecule has 0 aromatic rings. The van der Waals surface area contributed by atoms with E-state index in [4.69, 9.17) is 4.74 Å². The summed E-state index contributed by atoms with van der Waals surface area (Å²) in [4.78, 5) is 0. The van der Waals surface area contributed by atoms with Gasteiger partial charge < -0.3 is 9.84 Å². The number of rotatable bonds is 4. The van der Waals surface area contributed by atoms with Crippen LogP contribution in [0.5, 0.6) is 0 Å². The minimum Gasteiger partial charge on any atom is -0.393 e. The van der Waals surface area contributed by atoms with Gasteiger partial charge in [0.15, 0.2) is 0 Å². The topological polar surface area (TPSA) is 29.5 Å². The Morgan fingerprint density at radius 3 is 2.23 bits per heavy atom. The molecule has 0 spiro atoms. The van der Waals surface area contributed by atoms with Crippen LogP contribution in [0, 0.1) is 5.41 Å². The van der Waals surface area contributed by atoms with E-state index in [1.165, 1.54) is 0 Å². The zero-order chi connectivity index (χ0) is 10.1. The van der Waals surface area contributed by atoms with E-state index in [0.29, 0.717) is 0 Å². The zero-order valence-electron chi connectivity index (χ0n) is 9.26. The molecular weight excluding hydrogens is 164 g/mol. The first kappa shape index (κ1) is 11.0. The maximum atomic E-state index is 9.52. The molecule has 0 aromatic heterocycles. The highest BCUT2D eigenvalue weighted by Crippen LogP contribution is 2.51. The molecule has 13 heavy (non-hydrogen) atoms. The van der Waals surface area contributed by atoms with E-state index < -0.39 is 0 Å². The number of hydrogen-bond donors (Lipinski definition) is 1. The fraction of sp³-hybridized carbons (Fsp3) is 1.00. The fourth-order valence-corrected chi connectivity index (χ4v) is 1.60. The largest absolute Gasteiger partial charge is 0.393 e. The van der Waals surface area contributed by atoms with Gasteiger partial charge in [0, 0.05) is 6.61 Å². The van der Waals surface area contributed by atoms with E-state index in [0.717, 1.165) is 25.9 Å². The Balaban J connectivity index is 2.20. The molecule has 0 bridgehead atoms. The average Bonchev–Trinajstić information content (AvgIpc) is 2.65. The minimum absolute atomic E-state index is 0.0469.